The van der Waals surface area contributed by atoms with Crippen LogP contribution < -0.4 is 14.8 Å². The van der Waals surface area contributed by atoms with Crippen LogP contribution in [0.4, 0.5) is 10.5 Å². The third-order valence-electron chi connectivity index (χ3n) is 2.12. The maximum absolute atomic E-state index is 11.1. The van der Waals surface area contributed by atoms with Crippen LogP contribution in [0.5, 0.6) is 11.5 Å². The summed E-state index contributed by atoms with van der Waals surface area (Å²) in [5.41, 5.74) is 0.572. The van der Waals surface area contributed by atoms with Crippen LogP contribution in [0.3, 0.4) is 0 Å². The molecule has 0 aliphatic heterocycles. The first kappa shape index (κ1) is 13.9. The summed E-state index contributed by atoms with van der Waals surface area (Å²) in [6, 6.07) is 5.07. The molecule has 98 valence electrons. The molecular formula is C13H17NO4. The molecule has 0 spiro atoms. The first-order chi connectivity index (χ1) is 8.71. The highest BCUT2D eigenvalue weighted by atomic mass is 16.5. The SMILES string of the molecule is CCC=COc1cc(NC(=O)OC)ccc1OC. The summed E-state index contributed by atoms with van der Waals surface area (Å²) in [7, 11) is 2.86. The van der Waals surface area contributed by atoms with E-state index in [9.17, 15) is 4.79 Å². The Bertz CT molecular complexity index is 429. The molecule has 0 bridgehead atoms. The maximum atomic E-state index is 11.1. The van der Waals surface area contributed by atoms with Gasteiger partial charge in [0.2, 0.25) is 0 Å². The Morgan fingerprint density at radius 3 is 2.72 bits per heavy atom. The average Bonchev–Trinajstić information content (AvgIpc) is 2.39. The topological polar surface area (TPSA) is 56.8 Å². The molecule has 0 fully saturated rings. The van der Waals surface area contributed by atoms with E-state index >= 15 is 0 Å². The summed E-state index contributed by atoms with van der Waals surface area (Å²) >= 11 is 0. The minimum absolute atomic E-state index is 0.524. The molecule has 18 heavy (non-hydrogen) atoms. The van der Waals surface area contributed by atoms with E-state index in [1.807, 2.05) is 13.0 Å². The second kappa shape index (κ2) is 7.21. The highest BCUT2D eigenvalue weighted by Crippen LogP contribution is 2.30. The van der Waals surface area contributed by atoms with E-state index < -0.39 is 6.09 Å². The van der Waals surface area contributed by atoms with Crippen LogP contribution in [0.1, 0.15) is 13.3 Å². The number of carbonyl (C=O) groups is 1. The fraction of sp³-hybridized carbons (Fsp3) is 0.308. The van der Waals surface area contributed by atoms with Crippen LogP contribution in [0.2, 0.25) is 0 Å². The second-order valence-corrected chi connectivity index (χ2v) is 3.38. The van der Waals surface area contributed by atoms with E-state index in [1.54, 1.807) is 31.6 Å². The van der Waals surface area contributed by atoms with E-state index in [2.05, 4.69) is 10.1 Å². The number of rotatable bonds is 5. The largest absolute Gasteiger partial charge is 0.493 e. The third kappa shape index (κ3) is 4.01. The van der Waals surface area contributed by atoms with Crippen molar-refractivity contribution in [3.63, 3.8) is 0 Å². The smallest absolute Gasteiger partial charge is 0.411 e. The van der Waals surface area contributed by atoms with Crippen molar-refractivity contribution in [2.75, 3.05) is 19.5 Å². The van der Waals surface area contributed by atoms with Gasteiger partial charge in [-0.1, -0.05) is 6.92 Å². The number of methoxy groups -OCH3 is 2. The lowest BCUT2D eigenvalue weighted by atomic mass is 10.3. The molecule has 0 radical (unpaired) electrons. The molecule has 0 heterocycles. The Hall–Kier alpha value is -2.17. The lowest BCUT2D eigenvalue weighted by Gasteiger charge is -2.10. The van der Waals surface area contributed by atoms with Crippen molar-refractivity contribution in [2.45, 2.75) is 13.3 Å². The van der Waals surface area contributed by atoms with Crippen LogP contribution >= 0.6 is 0 Å². The van der Waals surface area contributed by atoms with Crippen molar-refractivity contribution in [1.29, 1.82) is 0 Å². The summed E-state index contributed by atoms with van der Waals surface area (Å²) in [5.74, 6) is 1.11. The summed E-state index contributed by atoms with van der Waals surface area (Å²) in [5, 5.41) is 2.55. The van der Waals surface area contributed by atoms with E-state index in [0.29, 0.717) is 17.2 Å². The van der Waals surface area contributed by atoms with Crippen LogP contribution in [0.15, 0.2) is 30.5 Å². The van der Waals surface area contributed by atoms with Gasteiger partial charge in [0.05, 0.1) is 20.5 Å². The Morgan fingerprint density at radius 2 is 2.11 bits per heavy atom. The van der Waals surface area contributed by atoms with Gasteiger partial charge in [0.15, 0.2) is 11.5 Å². The molecule has 0 aliphatic carbocycles. The van der Waals surface area contributed by atoms with E-state index in [4.69, 9.17) is 9.47 Å². The first-order valence-electron chi connectivity index (χ1n) is 5.56. The molecule has 1 amide bonds. The van der Waals surface area contributed by atoms with Gasteiger partial charge in [-0.3, -0.25) is 5.32 Å². The predicted octanol–water partition coefficient (Wildman–Crippen LogP) is 3.18. The quantitative estimate of drug-likeness (QED) is 0.816. The van der Waals surface area contributed by atoms with Gasteiger partial charge in [-0.05, 0) is 24.6 Å². The van der Waals surface area contributed by atoms with Crippen LogP contribution in [0.25, 0.3) is 0 Å². The minimum Gasteiger partial charge on any atom is -0.493 e. The Labute approximate surface area is 106 Å². The van der Waals surface area contributed by atoms with Crippen molar-refractivity contribution in [3.8, 4) is 11.5 Å². The summed E-state index contributed by atoms with van der Waals surface area (Å²) in [4.78, 5) is 11.1. The monoisotopic (exact) mass is 251 g/mol. The van der Waals surface area contributed by atoms with Gasteiger partial charge in [0, 0.05) is 11.8 Å². The predicted molar refractivity (Wildman–Crippen MR) is 69.1 cm³/mol. The fourth-order valence-electron chi connectivity index (χ4n) is 1.23. The van der Waals surface area contributed by atoms with Gasteiger partial charge in [0.1, 0.15) is 0 Å². The van der Waals surface area contributed by atoms with Crippen molar-refractivity contribution in [3.05, 3.63) is 30.5 Å². The summed E-state index contributed by atoms with van der Waals surface area (Å²) in [6.45, 7) is 2.01. The molecule has 1 rings (SSSR count). The molecule has 1 aromatic rings. The normalized spacial score (nSPS) is 10.2. The van der Waals surface area contributed by atoms with Crippen LogP contribution in [-0.2, 0) is 4.74 Å². The van der Waals surface area contributed by atoms with Gasteiger partial charge >= 0.3 is 6.09 Å². The minimum atomic E-state index is -0.532. The molecule has 0 saturated carbocycles. The molecule has 0 saturated heterocycles. The number of benzene rings is 1. The van der Waals surface area contributed by atoms with Crippen molar-refractivity contribution < 1.29 is 19.0 Å². The molecule has 0 unspecified atom stereocenters. The summed E-state index contributed by atoms with van der Waals surface area (Å²) < 4.78 is 15.1. The molecule has 1 aromatic carbocycles. The zero-order chi connectivity index (χ0) is 13.4. The number of amides is 1. The average molecular weight is 251 g/mol. The highest BCUT2D eigenvalue weighted by molar-refractivity contribution is 5.85. The number of anilines is 1. The zero-order valence-corrected chi connectivity index (χ0v) is 10.7. The van der Waals surface area contributed by atoms with Crippen molar-refractivity contribution in [2.24, 2.45) is 0 Å². The molecular weight excluding hydrogens is 234 g/mol. The fourth-order valence-corrected chi connectivity index (χ4v) is 1.23. The van der Waals surface area contributed by atoms with Gasteiger partial charge < -0.3 is 14.2 Å². The van der Waals surface area contributed by atoms with Gasteiger partial charge in [-0.25, -0.2) is 4.79 Å². The Morgan fingerprint density at radius 1 is 1.33 bits per heavy atom. The standard InChI is InChI=1S/C13H17NO4/c1-4-5-8-18-12-9-10(14-13(15)17-3)6-7-11(12)16-2/h5-9H,4H2,1-3H3,(H,14,15). The molecule has 0 aromatic heterocycles. The van der Waals surface area contributed by atoms with E-state index in [0.717, 1.165) is 6.42 Å². The number of hydrogen-bond donors (Lipinski definition) is 1. The van der Waals surface area contributed by atoms with E-state index in [1.165, 1.54) is 7.11 Å². The zero-order valence-electron chi connectivity index (χ0n) is 10.7. The number of hydrogen-bond acceptors (Lipinski definition) is 4. The van der Waals surface area contributed by atoms with Gasteiger partial charge in [-0.2, -0.15) is 0 Å². The Balaban J connectivity index is 2.87. The van der Waals surface area contributed by atoms with E-state index in [-0.39, 0.29) is 0 Å². The molecule has 5 nitrogen and oxygen atoms in total. The molecule has 1 N–H and O–H groups in total. The third-order valence-corrected chi connectivity index (χ3v) is 2.12. The molecule has 5 heteroatoms. The van der Waals surface area contributed by atoms with Crippen molar-refractivity contribution in [1.82, 2.24) is 0 Å². The Kier molecular flexibility index (Phi) is 5.57. The van der Waals surface area contributed by atoms with Crippen LogP contribution in [0, 0.1) is 0 Å². The van der Waals surface area contributed by atoms with Gasteiger partial charge in [-0.15, -0.1) is 0 Å². The molecule has 0 aliphatic rings. The highest BCUT2D eigenvalue weighted by Gasteiger charge is 2.07. The molecule has 0 atom stereocenters. The lowest BCUT2D eigenvalue weighted by Crippen LogP contribution is -2.10. The first-order valence-corrected chi connectivity index (χ1v) is 5.56. The number of allylic oxidation sites excluding steroid dienone is 1. The van der Waals surface area contributed by atoms with Gasteiger partial charge in [0.25, 0.3) is 0 Å². The second-order valence-electron chi connectivity index (χ2n) is 3.38. The van der Waals surface area contributed by atoms with Crippen molar-refractivity contribution >= 4 is 11.8 Å². The summed E-state index contributed by atoms with van der Waals surface area (Å²) in [6.07, 6.45) is 3.80. The lowest BCUT2D eigenvalue weighted by molar-refractivity contribution is 0.187. The number of ether oxygens (including phenoxy) is 3. The maximum Gasteiger partial charge on any atom is 0.411 e. The number of carbonyl (C=O) groups excluding carboxylic acids is 1. The van der Waals surface area contributed by atoms with Crippen LogP contribution in [-0.4, -0.2) is 20.3 Å². The number of nitrogens with one attached hydrogen (secondary N) is 1.